The van der Waals surface area contributed by atoms with Crippen LogP contribution in [0, 0.1) is 11.8 Å². The van der Waals surface area contributed by atoms with Crippen molar-refractivity contribution in [2.24, 2.45) is 23.3 Å². The minimum atomic E-state index is 0.429. The van der Waals surface area contributed by atoms with Crippen LogP contribution in [-0.2, 0) is 0 Å². The summed E-state index contributed by atoms with van der Waals surface area (Å²) in [6.45, 7) is 0. The zero-order chi connectivity index (χ0) is 6.43. The molecule has 2 aliphatic carbocycles. The Kier molecular flexibility index (Phi) is 1.08. The summed E-state index contributed by atoms with van der Waals surface area (Å²) in [6.07, 6.45) is 3.80. The van der Waals surface area contributed by atoms with Crippen molar-refractivity contribution in [3.8, 4) is 0 Å². The van der Waals surface area contributed by atoms with Gasteiger partial charge in [-0.05, 0) is 31.1 Å². The largest absolute Gasteiger partial charge is 0.327 e. The third kappa shape index (κ3) is 0.634. The third-order valence-electron chi connectivity index (χ3n) is 3.03. The van der Waals surface area contributed by atoms with Crippen LogP contribution in [0.3, 0.4) is 0 Å². The predicted molar refractivity (Wildman–Crippen MR) is 36.8 cm³/mol. The molecule has 0 radical (unpaired) electrons. The van der Waals surface area contributed by atoms with Crippen molar-refractivity contribution in [3.63, 3.8) is 0 Å². The van der Waals surface area contributed by atoms with Crippen molar-refractivity contribution >= 4 is 0 Å². The summed E-state index contributed by atoms with van der Waals surface area (Å²) in [6, 6.07) is 0.874. The zero-order valence-corrected chi connectivity index (χ0v) is 5.59. The highest BCUT2D eigenvalue weighted by molar-refractivity contribution is 5.01. The standard InChI is InChI=1S/C7H14N2/c8-6-3-4-1-2-5(6)7(4)9/h4-7H,1-3,8-9H2/t4-,5-,6+,7+/m1/s1. The molecule has 0 unspecified atom stereocenters. The van der Waals surface area contributed by atoms with Crippen molar-refractivity contribution in [3.05, 3.63) is 0 Å². The van der Waals surface area contributed by atoms with E-state index in [0.717, 1.165) is 5.92 Å². The fourth-order valence-corrected chi connectivity index (χ4v) is 2.44. The van der Waals surface area contributed by atoms with E-state index >= 15 is 0 Å². The summed E-state index contributed by atoms with van der Waals surface area (Å²) in [4.78, 5) is 0. The lowest BCUT2D eigenvalue weighted by Gasteiger charge is -2.15. The van der Waals surface area contributed by atoms with Gasteiger partial charge in [0.15, 0.2) is 0 Å². The lowest BCUT2D eigenvalue weighted by Crippen LogP contribution is -2.32. The molecule has 2 bridgehead atoms. The van der Waals surface area contributed by atoms with Crippen LogP contribution >= 0.6 is 0 Å². The maximum Gasteiger partial charge on any atom is 0.0111 e. The molecule has 0 amide bonds. The van der Waals surface area contributed by atoms with Crippen LogP contribution in [0.5, 0.6) is 0 Å². The van der Waals surface area contributed by atoms with Crippen molar-refractivity contribution < 1.29 is 0 Å². The highest BCUT2D eigenvalue weighted by Crippen LogP contribution is 2.42. The van der Waals surface area contributed by atoms with Gasteiger partial charge >= 0.3 is 0 Å². The van der Waals surface area contributed by atoms with Crippen LogP contribution in [0.15, 0.2) is 0 Å². The highest BCUT2D eigenvalue weighted by atomic mass is 14.8. The Labute approximate surface area is 55.6 Å². The first-order valence-electron chi connectivity index (χ1n) is 3.80. The number of fused-ring (bicyclic) bond motifs is 2. The lowest BCUT2D eigenvalue weighted by molar-refractivity contribution is 0.416. The number of hydrogen-bond acceptors (Lipinski definition) is 2. The molecule has 2 rings (SSSR count). The van der Waals surface area contributed by atoms with E-state index in [1.54, 1.807) is 0 Å². The van der Waals surface area contributed by atoms with E-state index in [1.165, 1.54) is 19.3 Å². The Morgan fingerprint density at radius 3 is 2.11 bits per heavy atom. The van der Waals surface area contributed by atoms with Crippen LogP contribution in [0.25, 0.3) is 0 Å². The molecule has 2 aliphatic rings. The first-order chi connectivity index (χ1) is 4.29. The molecule has 0 aliphatic heterocycles. The summed E-state index contributed by atoms with van der Waals surface area (Å²) in [5, 5.41) is 0. The fraction of sp³-hybridized carbons (Fsp3) is 1.00. The van der Waals surface area contributed by atoms with Gasteiger partial charge in [-0.25, -0.2) is 0 Å². The van der Waals surface area contributed by atoms with Crippen LogP contribution in [0.4, 0.5) is 0 Å². The van der Waals surface area contributed by atoms with Gasteiger partial charge in [0.05, 0.1) is 0 Å². The molecule has 2 nitrogen and oxygen atoms in total. The van der Waals surface area contributed by atoms with E-state index in [-0.39, 0.29) is 0 Å². The van der Waals surface area contributed by atoms with Crippen molar-refractivity contribution in [1.82, 2.24) is 0 Å². The van der Waals surface area contributed by atoms with Crippen LogP contribution in [0.2, 0.25) is 0 Å². The molecule has 0 saturated heterocycles. The average molecular weight is 126 g/mol. The molecule has 2 saturated carbocycles. The van der Waals surface area contributed by atoms with Crippen LogP contribution < -0.4 is 11.5 Å². The second-order valence-corrected chi connectivity index (χ2v) is 3.48. The maximum atomic E-state index is 5.89. The molecule has 0 spiro atoms. The van der Waals surface area contributed by atoms with Crippen LogP contribution in [-0.4, -0.2) is 12.1 Å². The van der Waals surface area contributed by atoms with E-state index in [1.807, 2.05) is 0 Å². The second-order valence-electron chi connectivity index (χ2n) is 3.48. The zero-order valence-electron chi connectivity index (χ0n) is 5.59. The summed E-state index contributed by atoms with van der Waals surface area (Å²) in [5.41, 5.74) is 11.7. The van der Waals surface area contributed by atoms with Gasteiger partial charge in [0, 0.05) is 12.1 Å². The van der Waals surface area contributed by atoms with Gasteiger partial charge in [-0.15, -0.1) is 0 Å². The first-order valence-corrected chi connectivity index (χ1v) is 3.80. The van der Waals surface area contributed by atoms with Gasteiger partial charge in [0.25, 0.3) is 0 Å². The number of hydrogen-bond donors (Lipinski definition) is 2. The Morgan fingerprint density at radius 2 is 1.89 bits per heavy atom. The van der Waals surface area contributed by atoms with E-state index in [9.17, 15) is 0 Å². The molecule has 0 aromatic carbocycles. The van der Waals surface area contributed by atoms with Crippen molar-refractivity contribution in [2.75, 3.05) is 0 Å². The molecule has 0 aromatic heterocycles. The molecule has 0 aromatic rings. The average Bonchev–Trinajstić information content (AvgIpc) is 2.25. The number of nitrogens with two attached hydrogens (primary N) is 2. The molecule has 2 heteroatoms. The van der Waals surface area contributed by atoms with E-state index in [0.29, 0.717) is 18.0 Å². The van der Waals surface area contributed by atoms with Crippen LogP contribution in [0.1, 0.15) is 19.3 Å². The normalized spacial score (nSPS) is 56.7. The molecule has 9 heavy (non-hydrogen) atoms. The Hall–Kier alpha value is -0.0800. The fourth-order valence-electron chi connectivity index (χ4n) is 2.44. The summed E-state index contributed by atoms with van der Waals surface area (Å²) >= 11 is 0. The Balaban J connectivity index is 2.16. The first kappa shape index (κ1) is 5.69. The third-order valence-corrected chi connectivity index (χ3v) is 3.03. The highest BCUT2D eigenvalue weighted by Gasteiger charge is 2.44. The number of rotatable bonds is 0. The molecule has 0 heterocycles. The molecular weight excluding hydrogens is 112 g/mol. The van der Waals surface area contributed by atoms with Gasteiger partial charge in [-0.3, -0.25) is 0 Å². The van der Waals surface area contributed by atoms with Gasteiger partial charge < -0.3 is 11.5 Å². The van der Waals surface area contributed by atoms with Crippen molar-refractivity contribution in [2.45, 2.75) is 31.3 Å². The molecular formula is C7H14N2. The quantitative estimate of drug-likeness (QED) is 0.482. The van der Waals surface area contributed by atoms with E-state index < -0.39 is 0 Å². The summed E-state index contributed by atoms with van der Waals surface area (Å²) in [5.74, 6) is 1.43. The van der Waals surface area contributed by atoms with E-state index in [4.69, 9.17) is 11.5 Å². The minimum absolute atomic E-state index is 0.429. The topological polar surface area (TPSA) is 52.0 Å². The minimum Gasteiger partial charge on any atom is -0.327 e. The van der Waals surface area contributed by atoms with Crippen molar-refractivity contribution in [1.29, 1.82) is 0 Å². The Morgan fingerprint density at radius 1 is 1.11 bits per heavy atom. The monoisotopic (exact) mass is 126 g/mol. The summed E-state index contributed by atoms with van der Waals surface area (Å²) < 4.78 is 0. The molecule has 4 atom stereocenters. The van der Waals surface area contributed by atoms with Gasteiger partial charge in [-0.1, -0.05) is 0 Å². The second kappa shape index (κ2) is 1.70. The lowest BCUT2D eigenvalue weighted by atomic mass is 9.96. The molecule has 4 N–H and O–H groups in total. The summed E-state index contributed by atoms with van der Waals surface area (Å²) in [7, 11) is 0. The molecule has 2 fully saturated rings. The van der Waals surface area contributed by atoms with Gasteiger partial charge in [-0.2, -0.15) is 0 Å². The smallest absolute Gasteiger partial charge is 0.0111 e. The maximum absolute atomic E-state index is 5.89. The SMILES string of the molecule is N[C@H]1[C@@H]2CC[C@@H]1[C@@H](N)C2. The predicted octanol–water partition coefficient (Wildman–Crippen LogP) is 0.0709. The Bertz CT molecular complexity index is 124. The van der Waals surface area contributed by atoms with Gasteiger partial charge in [0.2, 0.25) is 0 Å². The molecule has 52 valence electrons. The van der Waals surface area contributed by atoms with Gasteiger partial charge in [0.1, 0.15) is 0 Å². The van der Waals surface area contributed by atoms with E-state index in [2.05, 4.69) is 0 Å².